The highest BCUT2D eigenvalue weighted by Crippen LogP contribution is 2.27. The Morgan fingerprint density at radius 1 is 1.26 bits per heavy atom. The van der Waals surface area contributed by atoms with Crippen molar-refractivity contribution in [3.05, 3.63) is 56.5 Å². The lowest BCUT2D eigenvalue weighted by atomic mass is 10.2. The molecule has 0 fully saturated rings. The second kappa shape index (κ2) is 8.20. The average Bonchev–Trinajstić information content (AvgIpc) is 2.50. The van der Waals surface area contributed by atoms with Gasteiger partial charge in [0.2, 0.25) is 0 Å². The van der Waals surface area contributed by atoms with Gasteiger partial charge >= 0.3 is 0 Å². The zero-order valence-electron chi connectivity index (χ0n) is 12.6. The summed E-state index contributed by atoms with van der Waals surface area (Å²) >= 11 is 21.0. The molecule has 0 saturated heterocycles. The molecule has 2 rings (SSSR count). The quantitative estimate of drug-likeness (QED) is 0.634. The molecule has 0 atom stereocenters. The molecule has 2 aromatic carbocycles. The van der Waals surface area contributed by atoms with Crippen LogP contribution >= 0.6 is 51.3 Å². The predicted molar refractivity (Wildman–Crippen MR) is 105 cm³/mol. The minimum Gasteiger partial charge on any atom is -0.496 e. The molecule has 0 aliphatic carbocycles. The van der Waals surface area contributed by atoms with Crippen molar-refractivity contribution in [2.75, 3.05) is 19.5 Å². The monoisotopic (exact) mass is 432 g/mol. The molecule has 0 aliphatic heterocycles. The van der Waals surface area contributed by atoms with Gasteiger partial charge in [0.05, 0.1) is 17.8 Å². The summed E-state index contributed by atoms with van der Waals surface area (Å²) in [6.07, 6.45) is 0. The summed E-state index contributed by atoms with van der Waals surface area (Å²) in [5.74, 6) is 0.812. The third kappa shape index (κ3) is 4.98. The molecule has 7 heteroatoms. The third-order valence-electron chi connectivity index (χ3n) is 3.17. The molecular formula is C16H15BrCl2N2OS. The van der Waals surface area contributed by atoms with Crippen LogP contribution in [-0.2, 0) is 6.54 Å². The van der Waals surface area contributed by atoms with E-state index in [0.29, 0.717) is 27.4 Å². The summed E-state index contributed by atoms with van der Waals surface area (Å²) in [6.45, 7) is 0.597. The average molecular weight is 434 g/mol. The van der Waals surface area contributed by atoms with Crippen LogP contribution < -0.4 is 10.1 Å². The number of thiocarbonyl (C=S) groups is 1. The topological polar surface area (TPSA) is 24.5 Å². The van der Waals surface area contributed by atoms with Gasteiger partial charge in [-0.15, -0.1) is 0 Å². The Bertz CT molecular complexity index is 727. The highest BCUT2D eigenvalue weighted by Gasteiger charge is 2.11. The molecule has 0 unspecified atom stereocenters. The number of halogens is 3. The molecule has 0 radical (unpaired) electrons. The molecule has 0 aromatic heterocycles. The number of hydrogen-bond donors (Lipinski definition) is 1. The van der Waals surface area contributed by atoms with Crippen LogP contribution in [0.5, 0.6) is 5.75 Å². The number of hydrogen-bond acceptors (Lipinski definition) is 2. The van der Waals surface area contributed by atoms with E-state index in [1.807, 2.05) is 30.1 Å². The normalized spacial score (nSPS) is 10.3. The van der Waals surface area contributed by atoms with Gasteiger partial charge in [-0.3, -0.25) is 0 Å². The summed E-state index contributed by atoms with van der Waals surface area (Å²) in [4.78, 5) is 1.91. The van der Waals surface area contributed by atoms with Gasteiger partial charge in [-0.25, -0.2) is 0 Å². The minimum absolute atomic E-state index is 0.522. The van der Waals surface area contributed by atoms with Crippen LogP contribution in [0.2, 0.25) is 10.0 Å². The molecule has 0 spiro atoms. The van der Waals surface area contributed by atoms with Crippen LogP contribution in [-0.4, -0.2) is 24.2 Å². The van der Waals surface area contributed by atoms with Crippen molar-refractivity contribution in [2.24, 2.45) is 0 Å². The van der Waals surface area contributed by atoms with Crippen LogP contribution in [0.4, 0.5) is 5.69 Å². The number of methoxy groups -OCH3 is 1. The number of nitrogens with one attached hydrogen (secondary N) is 1. The minimum atomic E-state index is 0.522. The molecule has 23 heavy (non-hydrogen) atoms. The lowest BCUT2D eigenvalue weighted by Gasteiger charge is -2.22. The molecule has 0 saturated carbocycles. The Balaban J connectivity index is 2.10. The predicted octanol–water partition coefficient (Wildman–Crippen LogP) is 5.59. The van der Waals surface area contributed by atoms with E-state index in [2.05, 4.69) is 21.2 Å². The van der Waals surface area contributed by atoms with Crippen molar-refractivity contribution in [1.29, 1.82) is 0 Å². The van der Waals surface area contributed by atoms with Gasteiger partial charge in [-0.1, -0.05) is 39.1 Å². The van der Waals surface area contributed by atoms with Crippen molar-refractivity contribution in [3.8, 4) is 5.75 Å². The van der Waals surface area contributed by atoms with E-state index in [1.165, 1.54) is 0 Å². The summed E-state index contributed by atoms with van der Waals surface area (Å²) in [7, 11) is 3.55. The maximum Gasteiger partial charge on any atom is 0.173 e. The number of anilines is 1. The van der Waals surface area contributed by atoms with Gasteiger partial charge < -0.3 is 15.0 Å². The van der Waals surface area contributed by atoms with Crippen LogP contribution in [0.25, 0.3) is 0 Å². The number of ether oxygens (including phenoxy) is 1. The second-order valence-electron chi connectivity index (χ2n) is 4.87. The third-order valence-corrected chi connectivity index (χ3v) is 4.62. The first-order chi connectivity index (χ1) is 10.9. The van der Waals surface area contributed by atoms with E-state index in [0.717, 1.165) is 15.8 Å². The van der Waals surface area contributed by atoms with Gasteiger partial charge in [0.15, 0.2) is 5.11 Å². The summed E-state index contributed by atoms with van der Waals surface area (Å²) in [5.41, 5.74) is 1.74. The van der Waals surface area contributed by atoms with E-state index in [9.17, 15) is 0 Å². The first kappa shape index (κ1) is 18.3. The molecule has 2 aromatic rings. The van der Waals surface area contributed by atoms with Gasteiger partial charge in [0.25, 0.3) is 0 Å². The summed E-state index contributed by atoms with van der Waals surface area (Å²) < 4.78 is 6.37. The highest BCUT2D eigenvalue weighted by molar-refractivity contribution is 9.10. The van der Waals surface area contributed by atoms with Gasteiger partial charge in [-0.05, 0) is 48.6 Å². The number of benzene rings is 2. The van der Waals surface area contributed by atoms with Crippen molar-refractivity contribution in [1.82, 2.24) is 4.90 Å². The van der Waals surface area contributed by atoms with Crippen molar-refractivity contribution in [2.45, 2.75) is 6.54 Å². The molecule has 3 nitrogen and oxygen atoms in total. The van der Waals surface area contributed by atoms with E-state index in [1.54, 1.807) is 25.3 Å². The molecule has 0 heterocycles. The standard InChI is InChI=1S/C16H15BrCl2N2OS/c1-21(9-10-7-11(17)3-6-15(10)22-2)16(23)20-14-5-4-12(18)8-13(14)19/h3-8H,9H2,1-2H3,(H,20,23). The fourth-order valence-corrected chi connectivity index (χ4v) is 3.04. The van der Waals surface area contributed by atoms with E-state index in [4.69, 9.17) is 40.2 Å². The molecule has 1 N–H and O–H groups in total. The Kier molecular flexibility index (Phi) is 6.53. The number of rotatable bonds is 4. The lowest BCUT2D eigenvalue weighted by Crippen LogP contribution is -2.30. The van der Waals surface area contributed by atoms with Crippen LogP contribution in [0.1, 0.15) is 5.56 Å². The zero-order chi connectivity index (χ0) is 17.0. The fourth-order valence-electron chi connectivity index (χ4n) is 2.00. The number of nitrogens with zero attached hydrogens (tertiary/aromatic N) is 1. The van der Waals surface area contributed by atoms with E-state index in [-0.39, 0.29) is 0 Å². The summed E-state index contributed by atoms with van der Waals surface area (Å²) in [6, 6.07) is 11.1. The molecule has 0 aliphatic rings. The Morgan fingerprint density at radius 2 is 2.00 bits per heavy atom. The maximum atomic E-state index is 6.16. The van der Waals surface area contributed by atoms with Crippen molar-refractivity contribution >= 4 is 62.1 Å². The molecule has 0 bridgehead atoms. The van der Waals surface area contributed by atoms with Crippen LogP contribution in [0.3, 0.4) is 0 Å². The molecular weight excluding hydrogens is 419 g/mol. The highest BCUT2D eigenvalue weighted by atomic mass is 79.9. The van der Waals surface area contributed by atoms with Crippen LogP contribution in [0.15, 0.2) is 40.9 Å². The molecule has 0 amide bonds. The van der Waals surface area contributed by atoms with E-state index < -0.39 is 0 Å². The Hall–Kier alpha value is -1.01. The van der Waals surface area contributed by atoms with Gasteiger partial charge in [0.1, 0.15) is 5.75 Å². The van der Waals surface area contributed by atoms with Gasteiger partial charge in [-0.2, -0.15) is 0 Å². The van der Waals surface area contributed by atoms with Crippen molar-refractivity contribution < 1.29 is 4.74 Å². The van der Waals surface area contributed by atoms with Crippen LogP contribution in [0, 0.1) is 0 Å². The smallest absolute Gasteiger partial charge is 0.173 e. The fraction of sp³-hybridized carbons (Fsp3) is 0.188. The largest absolute Gasteiger partial charge is 0.496 e. The lowest BCUT2D eigenvalue weighted by molar-refractivity contribution is 0.399. The second-order valence-corrected chi connectivity index (χ2v) is 7.01. The Labute approximate surface area is 159 Å². The SMILES string of the molecule is COc1ccc(Br)cc1CN(C)C(=S)Nc1ccc(Cl)cc1Cl. The zero-order valence-corrected chi connectivity index (χ0v) is 16.5. The first-order valence-corrected chi connectivity index (χ1v) is 8.66. The van der Waals surface area contributed by atoms with E-state index >= 15 is 0 Å². The first-order valence-electron chi connectivity index (χ1n) is 6.70. The summed E-state index contributed by atoms with van der Waals surface area (Å²) in [5, 5.41) is 4.78. The molecule has 122 valence electrons. The van der Waals surface area contributed by atoms with Crippen molar-refractivity contribution in [3.63, 3.8) is 0 Å². The Morgan fingerprint density at radius 3 is 2.65 bits per heavy atom. The van der Waals surface area contributed by atoms with Gasteiger partial charge in [0, 0.05) is 28.7 Å². The maximum absolute atomic E-state index is 6.16.